The Morgan fingerprint density at radius 1 is 1.29 bits per heavy atom. The van der Waals surface area contributed by atoms with Crippen molar-refractivity contribution in [3.05, 3.63) is 34.7 Å². The number of piperidine rings is 1. The highest BCUT2D eigenvalue weighted by Crippen LogP contribution is 2.31. The monoisotopic (exact) mass is 330 g/mol. The van der Waals surface area contributed by atoms with Crippen molar-refractivity contribution in [2.45, 2.75) is 46.3 Å². The molecule has 5 heteroatoms. The molecule has 0 radical (unpaired) electrons. The first-order valence-corrected chi connectivity index (χ1v) is 8.51. The summed E-state index contributed by atoms with van der Waals surface area (Å²) in [7, 11) is 1.68. The molecule has 3 rings (SSSR count). The zero-order valence-corrected chi connectivity index (χ0v) is 14.9. The molecule has 1 N–H and O–H groups in total. The molecule has 0 saturated carbocycles. The van der Waals surface area contributed by atoms with Crippen LogP contribution < -0.4 is 4.74 Å². The third-order valence-electron chi connectivity index (χ3n) is 4.93. The number of aliphatic hydroxyl groups is 1. The smallest absolute Gasteiger partial charge is 0.226 e. The molecule has 5 nitrogen and oxygen atoms in total. The van der Waals surface area contributed by atoms with Crippen LogP contribution >= 0.6 is 0 Å². The van der Waals surface area contributed by atoms with Gasteiger partial charge in [-0.25, -0.2) is 4.98 Å². The molecule has 1 atom stereocenters. The lowest BCUT2D eigenvalue weighted by molar-refractivity contribution is 0.0660. The van der Waals surface area contributed by atoms with Gasteiger partial charge >= 0.3 is 0 Å². The van der Waals surface area contributed by atoms with Gasteiger partial charge in [-0.2, -0.15) is 0 Å². The molecule has 0 spiro atoms. The number of likely N-dealkylation sites (tertiary alicyclic amines) is 1. The molecule has 1 aliphatic heterocycles. The lowest BCUT2D eigenvalue weighted by Crippen LogP contribution is -2.37. The van der Waals surface area contributed by atoms with Crippen LogP contribution in [0.4, 0.5) is 0 Å². The fraction of sp³-hybridized carbons (Fsp3) is 0.526. The molecule has 2 aromatic rings. The van der Waals surface area contributed by atoms with Crippen molar-refractivity contribution >= 4 is 0 Å². The zero-order chi connectivity index (χ0) is 17.3. The highest BCUT2D eigenvalue weighted by atomic mass is 16.5. The van der Waals surface area contributed by atoms with Gasteiger partial charge in [-0.05, 0) is 63.4 Å². The summed E-state index contributed by atoms with van der Waals surface area (Å²) in [5.41, 5.74) is 4.18. The minimum atomic E-state index is -0.225. The summed E-state index contributed by atoms with van der Waals surface area (Å²) in [5.74, 6) is 2.38. The van der Waals surface area contributed by atoms with Crippen molar-refractivity contribution in [1.82, 2.24) is 9.88 Å². The van der Waals surface area contributed by atoms with Crippen LogP contribution in [0.2, 0.25) is 0 Å². The lowest BCUT2D eigenvalue weighted by atomic mass is 10.0. The number of β-amino-alcohol motifs (C(OH)–C–C–N with tert-alkyl or cyclic N) is 1. The van der Waals surface area contributed by atoms with E-state index in [-0.39, 0.29) is 6.10 Å². The number of oxazole rings is 1. The molecule has 1 aromatic heterocycles. The second-order valence-electron chi connectivity index (χ2n) is 6.62. The minimum absolute atomic E-state index is 0.225. The molecule has 0 bridgehead atoms. The average Bonchev–Trinajstić information content (AvgIpc) is 2.90. The number of aromatic nitrogens is 1. The first-order valence-electron chi connectivity index (χ1n) is 8.51. The van der Waals surface area contributed by atoms with Crippen LogP contribution in [0.15, 0.2) is 16.5 Å². The Morgan fingerprint density at radius 3 is 2.79 bits per heavy atom. The molecule has 1 aliphatic rings. The van der Waals surface area contributed by atoms with Gasteiger partial charge in [0.25, 0.3) is 0 Å². The Kier molecular flexibility index (Phi) is 4.92. The summed E-state index contributed by atoms with van der Waals surface area (Å²) in [6.45, 7) is 8.50. The standard InChI is InChI=1S/C19H26N2O3/c1-12-13(2)18(23-4)8-7-16(12)19-20-17(14(3)24-19)11-21-9-5-6-15(22)10-21/h7-8,15,22H,5-6,9-11H2,1-4H3. The Hall–Kier alpha value is -1.85. The number of hydrogen-bond donors (Lipinski definition) is 1. The predicted molar refractivity (Wildman–Crippen MR) is 93.2 cm³/mol. The van der Waals surface area contributed by atoms with Crippen LogP contribution in [0.5, 0.6) is 5.75 Å². The second-order valence-corrected chi connectivity index (χ2v) is 6.62. The van der Waals surface area contributed by atoms with E-state index in [0.717, 1.165) is 59.8 Å². The predicted octanol–water partition coefficient (Wildman–Crippen LogP) is 3.23. The minimum Gasteiger partial charge on any atom is -0.496 e. The highest BCUT2D eigenvalue weighted by molar-refractivity contribution is 5.63. The van der Waals surface area contributed by atoms with Crippen LogP contribution in [0.1, 0.15) is 35.4 Å². The van der Waals surface area contributed by atoms with Gasteiger partial charge in [0, 0.05) is 18.7 Å². The maximum Gasteiger partial charge on any atom is 0.226 e. The van der Waals surface area contributed by atoms with Gasteiger partial charge in [-0.3, -0.25) is 4.90 Å². The van der Waals surface area contributed by atoms with Crippen LogP contribution in [-0.4, -0.2) is 41.3 Å². The third kappa shape index (κ3) is 3.32. The largest absolute Gasteiger partial charge is 0.496 e. The number of methoxy groups -OCH3 is 1. The average molecular weight is 330 g/mol. The van der Waals surface area contributed by atoms with Crippen LogP contribution in [0.25, 0.3) is 11.5 Å². The quantitative estimate of drug-likeness (QED) is 0.932. The van der Waals surface area contributed by atoms with Gasteiger partial charge in [0.1, 0.15) is 11.5 Å². The second kappa shape index (κ2) is 6.95. The third-order valence-corrected chi connectivity index (χ3v) is 4.93. The number of rotatable bonds is 4. The van der Waals surface area contributed by atoms with Crippen LogP contribution in [0, 0.1) is 20.8 Å². The Morgan fingerprint density at radius 2 is 2.08 bits per heavy atom. The fourth-order valence-electron chi connectivity index (χ4n) is 3.33. The van der Waals surface area contributed by atoms with E-state index in [0.29, 0.717) is 12.4 Å². The molecule has 1 saturated heterocycles. The van der Waals surface area contributed by atoms with Crippen molar-refractivity contribution in [3.8, 4) is 17.2 Å². The maximum absolute atomic E-state index is 9.83. The van der Waals surface area contributed by atoms with Gasteiger partial charge in [0.15, 0.2) is 0 Å². The van der Waals surface area contributed by atoms with Gasteiger partial charge in [0.2, 0.25) is 5.89 Å². The van der Waals surface area contributed by atoms with Crippen molar-refractivity contribution in [2.75, 3.05) is 20.2 Å². The van der Waals surface area contributed by atoms with Crippen molar-refractivity contribution in [3.63, 3.8) is 0 Å². The van der Waals surface area contributed by atoms with E-state index in [1.165, 1.54) is 0 Å². The van der Waals surface area contributed by atoms with Gasteiger partial charge in [-0.15, -0.1) is 0 Å². The van der Waals surface area contributed by atoms with Crippen molar-refractivity contribution < 1.29 is 14.3 Å². The van der Waals surface area contributed by atoms with E-state index in [9.17, 15) is 5.11 Å². The normalized spacial score (nSPS) is 18.8. The van der Waals surface area contributed by atoms with E-state index < -0.39 is 0 Å². The Balaban J connectivity index is 1.85. The molecule has 0 amide bonds. The van der Waals surface area contributed by atoms with Gasteiger partial charge in [0.05, 0.1) is 18.9 Å². The number of benzene rings is 1. The van der Waals surface area contributed by atoms with Crippen LogP contribution in [-0.2, 0) is 6.54 Å². The summed E-state index contributed by atoms with van der Waals surface area (Å²) >= 11 is 0. The van der Waals surface area contributed by atoms with E-state index in [1.54, 1.807) is 7.11 Å². The summed E-state index contributed by atoms with van der Waals surface area (Å²) in [4.78, 5) is 6.97. The maximum atomic E-state index is 9.83. The molecule has 24 heavy (non-hydrogen) atoms. The molecule has 2 heterocycles. The Bertz CT molecular complexity index is 724. The first-order chi connectivity index (χ1) is 11.5. The number of aliphatic hydroxyl groups excluding tert-OH is 1. The molecular weight excluding hydrogens is 304 g/mol. The molecular formula is C19H26N2O3. The summed E-state index contributed by atoms with van der Waals surface area (Å²) < 4.78 is 11.3. The number of aryl methyl sites for hydroxylation is 1. The summed E-state index contributed by atoms with van der Waals surface area (Å²) in [6, 6.07) is 3.96. The number of hydrogen-bond acceptors (Lipinski definition) is 5. The first kappa shape index (κ1) is 17.0. The number of nitrogens with zero attached hydrogens (tertiary/aromatic N) is 2. The van der Waals surface area contributed by atoms with Gasteiger partial charge < -0.3 is 14.3 Å². The molecule has 130 valence electrons. The van der Waals surface area contributed by atoms with Crippen molar-refractivity contribution in [1.29, 1.82) is 0 Å². The molecule has 0 aliphatic carbocycles. The van der Waals surface area contributed by atoms with E-state index >= 15 is 0 Å². The van der Waals surface area contributed by atoms with E-state index in [1.807, 2.05) is 26.0 Å². The Labute approximate surface area is 143 Å². The summed E-state index contributed by atoms with van der Waals surface area (Å²) in [6.07, 6.45) is 1.70. The fourth-order valence-corrected chi connectivity index (χ4v) is 3.33. The topological polar surface area (TPSA) is 58.7 Å². The summed E-state index contributed by atoms with van der Waals surface area (Å²) in [5, 5.41) is 9.83. The van der Waals surface area contributed by atoms with Crippen LogP contribution in [0.3, 0.4) is 0 Å². The lowest BCUT2D eigenvalue weighted by Gasteiger charge is -2.29. The zero-order valence-electron chi connectivity index (χ0n) is 14.9. The van der Waals surface area contributed by atoms with E-state index in [2.05, 4.69) is 11.8 Å². The molecule has 1 fully saturated rings. The SMILES string of the molecule is COc1ccc(-c2nc(CN3CCCC(O)C3)c(C)o2)c(C)c1C. The molecule has 1 unspecified atom stereocenters. The molecule has 1 aromatic carbocycles. The van der Waals surface area contributed by atoms with Gasteiger partial charge in [-0.1, -0.05) is 0 Å². The van der Waals surface area contributed by atoms with Crippen molar-refractivity contribution in [2.24, 2.45) is 0 Å². The van der Waals surface area contributed by atoms with E-state index in [4.69, 9.17) is 14.1 Å². The number of ether oxygens (including phenoxy) is 1. The highest BCUT2D eigenvalue weighted by Gasteiger charge is 2.21.